The van der Waals surface area contributed by atoms with Crippen molar-refractivity contribution in [3.63, 3.8) is 0 Å². The molecule has 0 spiro atoms. The summed E-state index contributed by atoms with van der Waals surface area (Å²) < 4.78 is 62.1. The monoisotopic (exact) mass is 1050 g/mol. The molecular formula is C44H55N6O24+3. The fourth-order valence-corrected chi connectivity index (χ4v) is 5.14. The molecule has 0 aliphatic carbocycles. The molecule has 0 aliphatic heterocycles. The summed E-state index contributed by atoms with van der Waals surface area (Å²) in [5, 5.41) is 15.7. The summed E-state index contributed by atoms with van der Waals surface area (Å²) in [5.41, 5.74) is 0. The van der Waals surface area contributed by atoms with E-state index in [1.54, 1.807) is 20.8 Å². The van der Waals surface area contributed by atoms with Gasteiger partial charge in [0.2, 0.25) is 17.3 Å². The number of ketones is 3. The number of carbonyl (C=O) groups excluding carboxylic acids is 8. The number of nitrogens with one attached hydrogen (secondary N) is 3. The van der Waals surface area contributed by atoms with Gasteiger partial charge in [-0.2, -0.15) is 0 Å². The number of alkyl carbamates (subject to hydrolysis) is 3. The van der Waals surface area contributed by atoms with Gasteiger partial charge in [0.1, 0.15) is 18.1 Å². The van der Waals surface area contributed by atoms with Crippen LogP contribution in [-0.4, -0.2) is 128 Å². The second-order valence-electron chi connectivity index (χ2n) is 14.6. The molecule has 3 rings (SSSR count). The highest BCUT2D eigenvalue weighted by atomic mass is 16.6. The van der Waals surface area contributed by atoms with Gasteiger partial charge in [0.25, 0.3) is 20.2 Å². The van der Waals surface area contributed by atoms with E-state index in [2.05, 4.69) is 72.2 Å². The van der Waals surface area contributed by atoms with Crippen LogP contribution in [0.25, 0.3) is 0 Å². The number of Topliss-reactive ketones (excluding diaryl/α,β-unsaturated/α-hetero) is 3. The van der Waals surface area contributed by atoms with Crippen LogP contribution >= 0.6 is 0 Å². The van der Waals surface area contributed by atoms with Gasteiger partial charge in [-0.15, -0.1) is 14.0 Å². The first kappa shape index (κ1) is 62.6. The quantitative estimate of drug-likeness (QED) is 0.0343. The first-order valence-electron chi connectivity index (χ1n) is 21.6. The average molecular weight is 1050 g/mol. The lowest BCUT2D eigenvalue weighted by atomic mass is 10.1. The number of amides is 3. The second kappa shape index (κ2) is 33.2. The lowest BCUT2D eigenvalue weighted by Crippen LogP contribution is -2.43. The molecule has 30 nitrogen and oxygen atoms in total. The highest BCUT2D eigenvalue weighted by Crippen LogP contribution is 2.11. The van der Waals surface area contributed by atoms with Gasteiger partial charge >= 0.3 is 72.3 Å². The maximum atomic E-state index is 12.1. The Hall–Kier alpha value is -9.39. The second-order valence-corrected chi connectivity index (χ2v) is 14.6. The molecule has 3 heterocycles. The topological polar surface area (TPSA) is 428 Å². The fraction of sp³-hybridized carbons (Fsp3) is 0.455. The molecule has 402 valence electrons. The molecule has 3 atom stereocenters. The summed E-state index contributed by atoms with van der Waals surface area (Å²) in [6.07, 6.45) is -0.715. The predicted molar refractivity (Wildman–Crippen MR) is 251 cm³/mol. The van der Waals surface area contributed by atoms with E-state index in [9.17, 15) is 57.5 Å². The van der Waals surface area contributed by atoms with Crippen molar-refractivity contribution >= 4 is 92.3 Å². The summed E-state index contributed by atoms with van der Waals surface area (Å²) in [7, 11) is 0. The van der Waals surface area contributed by atoms with Crippen molar-refractivity contribution in [2.24, 2.45) is 0 Å². The van der Waals surface area contributed by atoms with Crippen LogP contribution < -0.4 is 47.4 Å². The Morgan fingerprint density at radius 1 is 0.527 bits per heavy atom. The number of esters is 2. The van der Waals surface area contributed by atoms with Crippen molar-refractivity contribution in [3.05, 3.63) is 66.4 Å². The minimum absolute atomic E-state index is 0.00138. The highest BCUT2D eigenvalue weighted by Gasteiger charge is 2.27. The van der Waals surface area contributed by atoms with Crippen LogP contribution in [0.1, 0.15) is 93.9 Å². The van der Waals surface area contributed by atoms with Gasteiger partial charge in [0, 0.05) is 19.3 Å². The zero-order chi connectivity index (χ0) is 55.9. The summed E-state index contributed by atoms with van der Waals surface area (Å²) in [5.74, 6) is -6.00. The van der Waals surface area contributed by atoms with Crippen LogP contribution in [0.15, 0.2) is 40.9 Å². The largest absolute Gasteiger partial charge is 0.519 e. The van der Waals surface area contributed by atoms with Gasteiger partial charge in [0.15, 0.2) is 54.4 Å². The van der Waals surface area contributed by atoms with E-state index in [0.29, 0.717) is 0 Å². The van der Waals surface area contributed by atoms with E-state index >= 15 is 0 Å². The minimum Gasteiger partial charge on any atom is -0.480 e. The van der Waals surface area contributed by atoms with Crippen LogP contribution in [0.3, 0.4) is 0 Å². The molecule has 0 aliphatic rings. The van der Waals surface area contributed by atoms with Crippen LogP contribution in [0.5, 0.6) is 0 Å². The molecule has 0 saturated carbocycles. The van der Waals surface area contributed by atoms with Gasteiger partial charge < -0.3 is 71.2 Å². The van der Waals surface area contributed by atoms with Crippen molar-refractivity contribution < 1.29 is 98.4 Å². The van der Waals surface area contributed by atoms with Crippen molar-refractivity contribution in [2.75, 3.05) is 6.61 Å². The van der Waals surface area contributed by atoms with E-state index in [0.717, 1.165) is 18.6 Å². The number of carboxylic acids is 1. The number of nitrogens with zero attached hydrogens (tertiary/aromatic N) is 3. The van der Waals surface area contributed by atoms with E-state index in [1.165, 1.54) is 20.8 Å². The third kappa shape index (κ3) is 25.5. The van der Waals surface area contributed by atoms with Gasteiger partial charge in [-0.05, 0) is 60.8 Å². The third-order valence-electron chi connectivity index (χ3n) is 8.64. The molecule has 0 radical (unpaired) electrons. The molecule has 3 aromatic rings. The van der Waals surface area contributed by atoms with Crippen LogP contribution in [0.2, 0.25) is 0 Å². The molecular weight excluding hydrogens is 997 g/mol. The molecule has 74 heavy (non-hydrogen) atoms. The smallest absolute Gasteiger partial charge is 0.480 e. The summed E-state index contributed by atoms with van der Waals surface area (Å²) >= 11 is 0. The number of aliphatic carboxylic acids is 1. The average Bonchev–Trinajstić information content (AvgIpc) is 3.96. The molecule has 3 aromatic heterocycles. The molecule has 0 aromatic carbocycles. The SMILES string of the molecule is C=[N+]=CC(=O)CC[C@H](NC(=O)OCc1oc(=O)oc1C)C(=O)O.C=[N+]=CC(=O)CC[C@H](NC(=O)OCc1oc(=O)oc1C)C(=O)OC(C)C.C=[N+]=CC(=O)CC[C@H](NC(=O)OCc1oc(=O)oc1C)C(=O)OCC. The van der Waals surface area contributed by atoms with Crippen LogP contribution in [0.4, 0.5) is 14.4 Å². The van der Waals surface area contributed by atoms with E-state index in [-0.39, 0.29) is 104 Å². The molecule has 0 fully saturated rings. The Morgan fingerprint density at radius 3 is 1.11 bits per heavy atom. The Kier molecular flexibility index (Phi) is 28.1. The first-order valence-corrected chi connectivity index (χ1v) is 21.6. The summed E-state index contributed by atoms with van der Waals surface area (Å²) in [6.45, 7) is 17.7. The minimum atomic E-state index is -1.33. The zero-order valence-electron chi connectivity index (χ0n) is 40.9. The van der Waals surface area contributed by atoms with Crippen molar-refractivity contribution in [2.45, 2.75) is 124 Å². The number of hydrogen-bond acceptors (Lipinski definition) is 23. The molecule has 3 amide bonds. The molecule has 0 saturated heterocycles. The number of aryl methyl sites for hydroxylation is 3. The summed E-state index contributed by atoms with van der Waals surface area (Å²) in [6, 6.07) is -3.49. The van der Waals surface area contributed by atoms with Gasteiger partial charge in [-0.1, -0.05) is 0 Å². The Bertz CT molecular complexity index is 2770. The number of carbonyl (C=O) groups is 9. The number of carboxylic acid groups (broad SMARTS) is 1. The number of rotatable bonds is 26. The van der Waals surface area contributed by atoms with E-state index < -0.39 is 90.3 Å². The summed E-state index contributed by atoms with van der Waals surface area (Å²) in [4.78, 5) is 137. The van der Waals surface area contributed by atoms with Crippen LogP contribution in [-0.2, 0) is 72.3 Å². The van der Waals surface area contributed by atoms with Gasteiger partial charge in [-0.3, -0.25) is 14.4 Å². The maximum Gasteiger partial charge on any atom is 0.519 e. The zero-order valence-corrected chi connectivity index (χ0v) is 40.9. The first-order chi connectivity index (χ1) is 34.9. The van der Waals surface area contributed by atoms with Crippen molar-refractivity contribution in [1.82, 2.24) is 30.0 Å². The van der Waals surface area contributed by atoms with Crippen LogP contribution in [0, 0.1) is 20.8 Å². The maximum absolute atomic E-state index is 12.1. The van der Waals surface area contributed by atoms with Crippen molar-refractivity contribution in [1.29, 1.82) is 0 Å². The molecule has 0 bridgehead atoms. The van der Waals surface area contributed by atoms with Gasteiger partial charge in [0.05, 0.1) is 12.7 Å². The van der Waals surface area contributed by atoms with Gasteiger partial charge in [-0.25, -0.2) is 43.2 Å². The van der Waals surface area contributed by atoms with E-state index in [4.69, 9.17) is 33.2 Å². The Balaban J connectivity index is 0.000000556. The molecule has 30 heteroatoms. The Labute approximate surface area is 417 Å². The molecule has 4 N–H and O–H groups in total. The number of ether oxygens (including phenoxy) is 5. The lowest BCUT2D eigenvalue weighted by Gasteiger charge is -2.18. The number of hydrogen-bond donors (Lipinski definition) is 4. The standard InChI is InChI=1S/C16H20N2O8.C15H18N2O8.C13H14N2O8/c1-9(2)24-14(20)12(6-5-11(19)7-17-4)18-15(21)23-8-13-10(3)25-16(22)26-13;1-4-22-13(19)11(6-5-10(18)7-16-3)17-14(20)23-8-12-9(2)24-15(21)25-12;1-7-10(23-13(20)22-7)6-21-12(19)15-9(11(17)18)4-3-8(16)5-14-2/h7,9,12H,4-6,8H2,1-3H3;7,11H,3-6,8H2,1-2H3;5,9H,2-4,6H2,1H3,(H-,15,17,18,19)/p+3/t12-;11-;9-/m000/s1. The lowest BCUT2D eigenvalue weighted by molar-refractivity contribution is -0.150. The normalized spacial score (nSPS) is 11.2. The van der Waals surface area contributed by atoms with Crippen molar-refractivity contribution in [3.8, 4) is 0 Å². The Morgan fingerprint density at radius 2 is 0.838 bits per heavy atom. The van der Waals surface area contributed by atoms with E-state index in [1.807, 2.05) is 0 Å². The predicted octanol–water partition coefficient (Wildman–Crippen LogP) is -0.429. The molecule has 0 unspecified atom stereocenters. The fourth-order valence-electron chi connectivity index (χ4n) is 5.14. The highest BCUT2D eigenvalue weighted by molar-refractivity contribution is 6.28. The third-order valence-corrected chi connectivity index (χ3v) is 8.64.